The van der Waals surface area contributed by atoms with Crippen LogP contribution in [0.4, 0.5) is 11.6 Å². The van der Waals surface area contributed by atoms with Gasteiger partial charge in [-0.15, -0.1) is 0 Å². The molecule has 190 valence electrons. The molecule has 2 N–H and O–H groups in total. The standard InChI is InChI=1S/C29H36N4O2S/c1-3-4-5-6-7-12-21-33-28-16-11-10-15-27(28)31-29(33)30-22-24-13-8-9-14-26(24)32-36(34,35)25-19-17-23(2)18-20-25/h8-11,13-20,32H,3-7,12,21-22H2,1-2H3,(H,30,31). The number of anilines is 2. The van der Waals surface area contributed by atoms with E-state index in [0.29, 0.717) is 12.2 Å². The number of rotatable bonds is 13. The van der Waals surface area contributed by atoms with Crippen molar-refractivity contribution < 1.29 is 8.42 Å². The number of aromatic nitrogens is 2. The number of nitrogens with zero attached hydrogens (tertiary/aromatic N) is 2. The fraction of sp³-hybridized carbons (Fsp3) is 0.345. The maximum absolute atomic E-state index is 13.0. The second kappa shape index (κ2) is 12.1. The van der Waals surface area contributed by atoms with Crippen LogP contribution in [0.2, 0.25) is 0 Å². The molecule has 3 aromatic carbocycles. The van der Waals surface area contributed by atoms with Gasteiger partial charge >= 0.3 is 0 Å². The van der Waals surface area contributed by atoms with Gasteiger partial charge in [-0.05, 0) is 49.2 Å². The number of hydrogen-bond acceptors (Lipinski definition) is 4. The lowest BCUT2D eigenvalue weighted by Crippen LogP contribution is -2.15. The first-order chi connectivity index (χ1) is 17.5. The van der Waals surface area contributed by atoms with Crippen molar-refractivity contribution in [2.24, 2.45) is 0 Å². The molecule has 1 aromatic heterocycles. The summed E-state index contributed by atoms with van der Waals surface area (Å²) in [5.41, 5.74) is 4.50. The molecule has 4 aromatic rings. The largest absolute Gasteiger partial charge is 0.351 e. The Hall–Kier alpha value is -3.32. The molecule has 0 radical (unpaired) electrons. The molecule has 4 rings (SSSR count). The number of unbranched alkanes of at least 4 members (excludes halogenated alkanes) is 5. The van der Waals surface area contributed by atoms with Gasteiger partial charge in [0, 0.05) is 13.1 Å². The zero-order valence-electron chi connectivity index (χ0n) is 21.2. The Morgan fingerprint density at radius 1 is 0.833 bits per heavy atom. The van der Waals surface area contributed by atoms with Crippen LogP contribution in [0, 0.1) is 6.92 Å². The van der Waals surface area contributed by atoms with Crippen LogP contribution < -0.4 is 10.0 Å². The van der Waals surface area contributed by atoms with Crippen molar-refractivity contribution in [2.45, 2.75) is 70.4 Å². The molecule has 0 amide bonds. The fourth-order valence-electron chi connectivity index (χ4n) is 4.36. The first kappa shape index (κ1) is 25.8. The minimum absolute atomic E-state index is 0.247. The highest BCUT2D eigenvalue weighted by Gasteiger charge is 2.16. The van der Waals surface area contributed by atoms with Crippen LogP contribution in [0.3, 0.4) is 0 Å². The van der Waals surface area contributed by atoms with Gasteiger partial charge in [-0.25, -0.2) is 13.4 Å². The number of aryl methyl sites for hydroxylation is 2. The Morgan fingerprint density at radius 3 is 2.33 bits per heavy atom. The molecule has 0 aliphatic rings. The zero-order chi connectivity index (χ0) is 25.4. The summed E-state index contributed by atoms with van der Waals surface area (Å²) in [5, 5.41) is 3.47. The zero-order valence-corrected chi connectivity index (χ0v) is 22.0. The average Bonchev–Trinajstić information content (AvgIpc) is 3.23. The number of nitrogens with one attached hydrogen (secondary N) is 2. The number of benzene rings is 3. The van der Waals surface area contributed by atoms with Crippen molar-refractivity contribution in [1.29, 1.82) is 0 Å². The predicted molar refractivity (Wildman–Crippen MR) is 149 cm³/mol. The third-order valence-corrected chi connectivity index (χ3v) is 7.80. The third-order valence-electron chi connectivity index (χ3n) is 6.42. The molecule has 0 unspecified atom stereocenters. The third kappa shape index (κ3) is 6.46. The highest BCUT2D eigenvalue weighted by atomic mass is 32.2. The van der Waals surface area contributed by atoms with E-state index in [1.54, 1.807) is 30.3 Å². The lowest BCUT2D eigenvalue weighted by atomic mass is 10.1. The van der Waals surface area contributed by atoms with Crippen molar-refractivity contribution in [3.8, 4) is 0 Å². The average molecular weight is 505 g/mol. The molecule has 0 atom stereocenters. The topological polar surface area (TPSA) is 76.0 Å². The van der Waals surface area contributed by atoms with Gasteiger partial charge in [0.2, 0.25) is 5.95 Å². The molecule has 0 aliphatic carbocycles. The smallest absolute Gasteiger partial charge is 0.261 e. The molecule has 0 bridgehead atoms. The molecule has 0 spiro atoms. The highest BCUT2D eigenvalue weighted by molar-refractivity contribution is 7.92. The van der Waals surface area contributed by atoms with E-state index in [0.717, 1.165) is 41.1 Å². The van der Waals surface area contributed by atoms with Gasteiger partial charge in [0.25, 0.3) is 10.0 Å². The van der Waals surface area contributed by atoms with E-state index in [4.69, 9.17) is 4.98 Å². The number of hydrogen-bond donors (Lipinski definition) is 2. The fourth-order valence-corrected chi connectivity index (χ4v) is 5.46. The molecular weight excluding hydrogens is 468 g/mol. The number of fused-ring (bicyclic) bond motifs is 1. The summed E-state index contributed by atoms with van der Waals surface area (Å²) < 4.78 is 31.0. The van der Waals surface area contributed by atoms with Crippen LogP contribution in [0.15, 0.2) is 77.7 Å². The van der Waals surface area contributed by atoms with Gasteiger partial charge in [0.15, 0.2) is 0 Å². The quantitative estimate of drug-likeness (QED) is 0.190. The summed E-state index contributed by atoms with van der Waals surface area (Å²) in [6, 6.07) is 22.5. The predicted octanol–water partition coefficient (Wildman–Crippen LogP) is 7.12. The van der Waals surface area contributed by atoms with Crippen molar-refractivity contribution in [2.75, 3.05) is 10.0 Å². The van der Waals surface area contributed by atoms with Gasteiger partial charge in [-0.1, -0.05) is 87.1 Å². The monoisotopic (exact) mass is 504 g/mol. The summed E-state index contributed by atoms with van der Waals surface area (Å²) in [5.74, 6) is 0.806. The summed E-state index contributed by atoms with van der Waals surface area (Å²) in [7, 11) is -3.68. The summed E-state index contributed by atoms with van der Waals surface area (Å²) in [4.78, 5) is 5.08. The summed E-state index contributed by atoms with van der Waals surface area (Å²) in [6.07, 6.45) is 7.41. The Morgan fingerprint density at radius 2 is 1.53 bits per heavy atom. The normalized spacial score (nSPS) is 11.6. The van der Waals surface area contributed by atoms with Crippen LogP contribution in [0.1, 0.15) is 56.6 Å². The van der Waals surface area contributed by atoms with Crippen molar-refractivity contribution in [1.82, 2.24) is 9.55 Å². The lowest BCUT2D eigenvalue weighted by Gasteiger charge is -2.15. The Kier molecular flexibility index (Phi) is 8.65. The van der Waals surface area contributed by atoms with Crippen molar-refractivity contribution in [3.05, 3.63) is 83.9 Å². The van der Waals surface area contributed by atoms with Crippen LogP contribution in [-0.2, 0) is 23.1 Å². The molecule has 7 heteroatoms. The van der Waals surface area contributed by atoms with Gasteiger partial charge in [-0.3, -0.25) is 4.72 Å². The number of para-hydroxylation sites is 3. The molecular formula is C29H36N4O2S. The van der Waals surface area contributed by atoms with E-state index < -0.39 is 10.0 Å². The minimum Gasteiger partial charge on any atom is -0.351 e. The van der Waals surface area contributed by atoms with Crippen molar-refractivity contribution >= 4 is 32.7 Å². The molecule has 0 saturated carbocycles. The van der Waals surface area contributed by atoms with Gasteiger partial charge in [0.1, 0.15) is 0 Å². The van der Waals surface area contributed by atoms with Crippen LogP contribution in [-0.4, -0.2) is 18.0 Å². The lowest BCUT2D eigenvalue weighted by molar-refractivity contribution is 0.565. The van der Waals surface area contributed by atoms with E-state index in [1.165, 1.54) is 32.1 Å². The highest BCUT2D eigenvalue weighted by Crippen LogP contribution is 2.24. The maximum atomic E-state index is 13.0. The molecule has 0 aliphatic heterocycles. The summed E-state index contributed by atoms with van der Waals surface area (Å²) >= 11 is 0. The van der Waals surface area contributed by atoms with Crippen LogP contribution in [0.5, 0.6) is 0 Å². The Bertz CT molecular complexity index is 1380. The molecule has 36 heavy (non-hydrogen) atoms. The Labute approximate surface area is 214 Å². The van der Waals surface area contributed by atoms with E-state index in [1.807, 2.05) is 43.3 Å². The van der Waals surface area contributed by atoms with Gasteiger partial charge in [-0.2, -0.15) is 0 Å². The van der Waals surface area contributed by atoms with E-state index >= 15 is 0 Å². The molecule has 6 nitrogen and oxygen atoms in total. The van der Waals surface area contributed by atoms with Gasteiger partial charge < -0.3 is 9.88 Å². The second-order valence-electron chi connectivity index (χ2n) is 9.27. The first-order valence-corrected chi connectivity index (χ1v) is 14.3. The van der Waals surface area contributed by atoms with Crippen LogP contribution in [0.25, 0.3) is 11.0 Å². The van der Waals surface area contributed by atoms with Gasteiger partial charge in [0.05, 0.1) is 21.6 Å². The molecule has 0 fully saturated rings. The number of imidazole rings is 1. The second-order valence-corrected chi connectivity index (χ2v) is 11.0. The SMILES string of the molecule is CCCCCCCCn1c(NCc2ccccc2NS(=O)(=O)c2ccc(C)cc2)nc2ccccc21. The number of sulfonamides is 1. The van der Waals surface area contributed by atoms with E-state index in [-0.39, 0.29) is 4.90 Å². The minimum atomic E-state index is -3.68. The molecule has 1 heterocycles. The van der Waals surface area contributed by atoms with Crippen LogP contribution >= 0.6 is 0 Å². The first-order valence-electron chi connectivity index (χ1n) is 12.8. The van der Waals surface area contributed by atoms with Crippen molar-refractivity contribution in [3.63, 3.8) is 0 Å². The van der Waals surface area contributed by atoms with E-state index in [9.17, 15) is 8.42 Å². The van der Waals surface area contributed by atoms with E-state index in [2.05, 4.69) is 27.6 Å². The summed E-state index contributed by atoms with van der Waals surface area (Å²) in [6.45, 7) is 5.52. The maximum Gasteiger partial charge on any atom is 0.261 e. The molecule has 0 saturated heterocycles. The Balaban J connectivity index is 1.49.